The largest absolute Gasteiger partial charge is 0.333 e. The van der Waals surface area contributed by atoms with Crippen LogP contribution in [-0.4, -0.2) is 37.7 Å². The summed E-state index contributed by atoms with van der Waals surface area (Å²) in [5, 5.41) is 1.17. The van der Waals surface area contributed by atoms with Crippen LogP contribution in [0.4, 0.5) is 5.69 Å². The highest BCUT2D eigenvalue weighted by molar-refractivity contribution is 5.94. The lowest BCUT2D eigenvalue weighted by molar-refractivity contribution is 0.402. The molecule has 204 valence electrons. The standard InChI is InChI=1S/C22H24N2.C10H15N.CH5N.CH4/c1-5-15(3)20-14-18(13-16(6-2)21(20)23-4)19-11-7-9-17-10-8-12-24-22(17)19;1-9-4-6-10(7-5-9)8-11(2)3;1-2;/h7-15H,4-6H2,1-3H3;4-7H,8H2,1-3H3;2H2,1H3;1H4. The molecule has 1 unspecified atom stereocenters. The highest BCUT2D eigenvalue weighted by Crippen LogP contribution is 2.38. The molecule has 1 aromatic heterocycles. The Hall–Kier alpha value is -3.34. The Kier molecular flexibility index (Phi) is 14.2. The molecule has 0 bridgehead atoms. The van der Waals surface area contributed by atoms with E-state index in [2.05, 4.69) is 130 Å². The molecule has 2 N–H and O–H groups in total. The van der Waals surface area contributed by atoms with Gasteiger partial charge in [-0.3, -0.25) is 9.98 Å². The third kappa shape index (κ3) is 8.61. The summed E-state index contributed by atoms with van der Waals surface area (Å²) in [6.07, 6.45) is 3.90. The van der Waals surface area contributed by atoms with Gasteiger partial charge in [-0.25, -0.2) is 0 Å². The smallest absolute Gasteiger partial charge is 0.0780 e. The molecule has 1 heterocycles. The Balaban J connectivity index is 0.000000436. The van der Waals surface area contributed by atoms with Crippen LogP contribution in [0.5, 0.6) is 0 Å². The lowest BCUT2D eigenvalue weighted by Gasteiger charge is -2.18. The van der Waals surface area contributed by atoms with Crippen molar-refractivity contribution in [1.29, 1.82) is 0 Å². The molecule has 0 aliphatic heterocycles. The van der Waals surface area contributed by atoms with Gasteiger partial charge in [0.25, 0.3) is 0 Å². The molecule has 4 rings (SSSR count). The summed E-state index contributed by atoms with van der Waals surface area (Å²) in [7, 11) is 5.67. The Morgan fingerprint density at radius 2 is 1.63 bits per heavy atom. The number of fused-ring (bicyclic) bond motifs is 1. The van der Waals surface area contributed by atoms with Gasteiger partial charge in [-0.1, -0.05) is 82.3 Å². The van der Waals surface area contributed by atoms with Crippen LogP contribution in [0.3, 0.4) is 0 Å². The summed E-state index contributed by atoms with van der Waals surface area (Å²) in [5.41, 5.74) is 14.3. The first-order chi connectivity index (χ1) is 17.9. The van der Waals surface area contributed by atoms with E-state index in [0.717, 1.165) is 30.6 Å². The van der Waals surface area contributed by atoms with Crippen LogP contribution >= 0.6 is 0 Å². The van der Waals surface area contributed by atoms with Crippen LogP contribution in [0, 0.1) is 6.92 Å². The van der Waals surface area contributed by atoms with Crippen LogP contribution in [-0.2, 0) is 13.0 Å². The molecule has 0 fully saturated rings. The maximum Gasteiger partial charge on any atom is 0.0780 e. The molecule has 0 radical (unpaired) electrons. The molecule has 0 aliphatic rings. The van der Waals surface area contributed by atoms with Crippen molar-refractivity contribution in [2.75, 3.05) is 21.1 Å². The molecule has 4 nitrogen and oxygen atoms in total. The monoisotopic (exact) mass is 512 g/mol. The third-order valence-corrected chi connectivity index (χ3v) is 6.46. The van der Waals surface area contributed by atoms with Gasteiger partial charge in [0.1, 0.15) is 0 Å². The fourth-order valence-corrected chi connectivity index (χ4v) is 4.33. The summed E-state index contributed by atoms with van der Waals surface area (Å²) >= 11 is 0. The van der Waals surface area contributed by atoms with E-state index in [-0.39, 0.29) is 7.43 Å². The number of pyridine rings is 1. The van der Waals surface area contributed by atoms with Crippen LogP contribution in [0.2, 0.25) is 0 Å². The molecule has 38 heavy (non-hydrogen) atoms. The minimum absolute atomic E-state index is 0. The lowest BCUT2D eigenvalue weighted by atomic mass is 9.89. The van der Waals surface area contributed by atoms with Gasteiger partial charge in [0.05, 0.1) is 11.2 Å². The zero-order valence-electron chi connectivity index (χ0n) is 23.8. The Bertz CT molecular complexity index is 1250. The van der Waals surface area contributed by atoms with Crippen LogP contribution in [0.25, 0.3) is 22.0 Å². The van der Waals surface area contributed by atoms with E-state index in [1.165, 1.54) is 45.8 Å². The maximum absolute atomic E-state index is 4.61. The van der Waals surface area contributed by atoms with E-state index in [4.69, 9.17) is 0 Å². The minimum atomic E-state index is 0. The van der Waals surface area contributed by atoms with Crippen molar-refractivity contribution in [1.82, 2.24) is 9.88 Å². The zero-order valence-corrected chi connectivity index (χ0v) is 23.8. The molecule has 4 heteroatoms. The average molecular weight is 513 g/mol. The first-order valence-corrected chi connectivity index (χ1v) is 13.1. The number of hydrogen-bond donors (Lipinski definition) is 1. The molecular weight excluding hydrogens is 464 g/mol. The van der Waals surface area contributed by atoms with E-state index < -0.39 is 0 Å². The second-order valence-corrected chi connectivity index (χ2v) is 9.50. The molecule has 0 saturated heterocycles. The molecule has 0 amide bonds. The summed E-state index contributed by atoms with van der Waals surface area (Å²) in [4.78, 5) is 11.1. The number of nitrogens with two attached hydrogens (primary N) is 1. The average Bonchev–Trinajstić information content (AvgIpc) is 2.94. The molecule has 4 aromatic rings. The summed E-state index contributed by atoms with van der Waals surface area (Å²) < 4.78 is 0. The van der Waals surface area contributed by atoms with Crippen molar-refractivity contribution in [3.05, 3.63) is 95.2 Å². The summed E-state index contributed by atoms with van der Waals surface area (Å²) in [5.74, 6) is 0.457. The molecule has 0 aliphatic carbocycles. The highest BCUT2D eigenvalue weighted by atomic mass is 15.0. The second-order valence-electron chi connectivity index (χ2n) is 9.50. The topological polar surface area (TPSA) is 54.5 Å². The van der Waals surface area contributed by atoms with Crippen LogP contribution in [0.1, 0.15) is 62.8 Å². The van der Waals surface area contributed by atoms with Crippen molar-refractivity contribution in [3.8, 4) is 11.1 Å². The third-order valence-electron chi connectivity index (χ3n) is 6.46. The highest BCUT2D eigenvalue weighted by Gasteiger charge is 2.15. The summed E-state index contributed by atoms with van der Waals surface area (Å²) in [6, 6.07) is 23.7. The quantitative estimate of drug-likeness (QED) is 0.252. The SMILES string of the molecule is C.C=Nc1c(CC)cc(-c2cccc3cccnc23)cc1C(C)CC.CN.Cc1ccc(CN(C)C)cc1. The van der Waals surface area contributed by atoms with Crippen molar-refractivity contribution in [2.45, 2.75) is 60.4 Å². The number of aromatic nitrogens is 1. The van der Waals surface area contributed by atoms with Gasteiger partial charge in [-0.2, -0.15) is 0 Å². The van der Waals surface area contributed by atoms with Crippen molar-refractivity contribution < 1.29 is 0 Å². The van der Waals surface area contributed by atoms with E-state index in [1.54, 1.807) is 0 Å². The number of nitrogens with zero attached hydrogens (tertiary/aromatic N) is 3. The Labute approximate surface area is 231 Å². The fourth-order valence-electron chi connectivity index (χ4n) is 4.33. The normalized spacial score (nSPS) is 11.0. The van der Waals surface area contributed by atoms with Gasteiger partial charge in [0, 0.05) is 23.7 Å². The van der Waals surface area contributed by atoms with E-state index in [1.807, 2.05) is 12.3 Å². The lowest BCUT2D eigenvalue weighted by Crippen LogP contribution is -2.10. The number of hydrogen-bond acceptors (Lipinski definition) is 4. The van der Waals surface area contributed by atoms with Crippen LogP contribution in [0.15, 0.2) is 77.9 Å². The fraction of sp³-hybridized carbons (Fsp3) is 0.353. The van der Waals surface area contributed by atoms with Crippen molar-refractivity contribution in [3.63, 3.8) is 0 Å². The van der Waals surface area contributed by atoms with Gasteiger partial charge < -0.3 is 10.6 Å². The molecule has 3 aromatic carbocycles. The maximum atomic E-state index is 4.61. The van der Waals surface area contributed by atoms with Crippen molar-refractivity contribution in [2.24, 2.45) is 10.7 Å². The van der Waals surface area contributed by atoms with Gasteiger partial charge in [0.2, 0.25) is 0 Å². The zero-order chi connectivity index (χ0) is 27.4. The predicted molar refractivity (Wildman–Crippen MR) is 170 cm³/mol. The minimum Gasteiger partial charge on any atom is -0.333 e. The number of aliphatic imine (C=N–C) groups is 1. The Morgan fingerprint density at radius 1 is 0.974 bits per heavy atom. The number of rotatable bonds is 7. The number of benzene rings is 3. The van der Waals surface area contributed by atoms with Gasteiger partial charge >= 0.3 is 0 Å². The molecular formula is C34H48N4. The number of para-hydroxylation sites is 1. The van der Waals surface area contributed by atoms with Crippen LogP contribution < -0.4 is 5.73 Å². The van der Waals surface area contributed by atoms with E-state index in [9.17, 15) is 0 Å². The van der Waals surface area contributed by atoms with E-state index >= 15 is 0 Å². The van der Waals surface area contributed by atoms with Gasteiger partial charge in [-0.15, -0.1) is 0 Å². The first-order valence-electron chi connectivity index (χ1n) is 13.1. The molecule has 1 atom stereocenters. The van der Waals surface area contributed by atoms with Crippen molar-refractivity contribution >= 4 is 23.3 Å². The Morgan fingerprint density at radius 3 is 2.21 bits per heavy atom. The molecule has 0 spiro atoms. The first kappa shape index (κ1) is 32.7. The van der Waals surface area contributed by atoms with Gasteiger partial charge in [-0.05, 0) is 94.0 Å². The molecule has 0 saturated carbocycles. The predicted octanol–water partition coefficient (Wildman–Crippen LogP) is 8.58. The van der Waals surface area contributed by atoms with E-state index in [0.29, 0.717) is 5.92 Å². The summed E-state index contributed by atoms with van der Waals surface area (Å²) in [6.45, 7) is 13.6. The number of aryl methyl sites for hydroxylation is 2. The van der Waals surface area contributed by atoms with Gasteiger partial charge in [0.15, 0.2) is 0 Å². The second kappa shape index (κ2) is 16.5.